The number of pyridine rings is 1. The molecule has 4 heteroatoms. The van der Waals surface area contributed by atoms with Crippen LogP contribution in [0, 0.1) is 0 Å². The number of phenols is 1. The average Bonchev–Trinajstić information content (AvgIpc) is 2.56. The third-order valence-corrected chi connectivity index (χ3v) is 4.37. The number of hydrogen-bond acceptors (Lipinski definition) is 4. The number of rotatable bonds is 4. The molecule has 1 atom stereocenters. The van der Waals surface area contributed by atoms with Crippen LogP contribution in [0.3, 0.4) is 0 Å². The minimum Gasteiger partial charge on any atom is -0.504 e. The first-order chi connectivity index (χ1) is 10.7. The number of phenolic OH excluding ortho intramolecular Hbond substituents is 1. The van der Waals surface area contributed by atoms with Gasteiger partial charge in [-0.05, 0) is 55.6 Å². The number of nitrogens with zero attached hydrogens (tertiary/aromatic N) is 2. The molecule has 0 unspecified atom stereocenters. The largest absolute Gasteiger partial charge is 0.504 e. The highest BCUT2D eigenvalue weighted by atomic mass is 16.5. The van der Waals surface area contributed by atoms with Gasteiger partial charge in [0.05, 0.1) is 18.8 Å². The molecule has 1 aliphatic rings. The van der Waals surface area contributed by atoms with Crippen molar-refractivity contribution >= 4 is 0 Å². The van der Waals surface area contributed by atoms with Crippen LogP contribution >= 0.6 is 0 Å². The van der Waals surface area contributed by atoms with Crippen molar-refractivity contribution in [2.45, 2.75) is 31.8 Å². The monoisotopic (exact) mass is 298 g/mol. The Morgan fingerprint density at radius 2 is 2.23 bits per heavy atom. The smallest absolute Gasteiger partial charge is 0.160 e. The third-order valence-electron chi connectivity index (χ3n) is 4.37. The lowest BCUT2D eigenvalue weighted by molar-refractivity contribution is 0.208. The molecule has 0 bridgehead atoms. The van der Waals surface area contributed by atoms with Crippen LogP contribution in [-0.4, -0.2) is 29.1 Å². The first kappa shape index (κ1) is 14.9. The van der Waals surface area contributed by atoms with Crippen molar-refractivity contribution < 1.29 is 9.84 Å². The molecule has 4 nitrogen and oxygen atoms in total. The van der Waals surface area contributed by atoms with Crippen molar-refractivity contribution in [3.63, 3.8) is 0 Å². The van der Waals surface area contributed by atoms with Crippen LogP contribution in [0.25, 0.3) is 0 Å². The fourth-order valence-electron chi connectivity index (χ4n) is 3.23. The molecule has 0 radical (unpaired) electrons. The van der Waals surface area contributed by atoms with Gasteiger partial charge in [0.1, 0.15) is 0 Å². The van der Waals surface area contributed by atoms with Crippen LogP contribution in [-0.2, 0) is 13.0 Å². The molecule has 0 saturated heterocycles. The predicted molar refractivity (Wildman–Crippen MR) is 86.0 cm³/mol. The maximum Gasteiger partial charge on any atom is 0.160 e. The van der Waals surface area contributed by atoms with E-state index in [1.165, 1.54) is 17.7 Å². The number of hydrogen-bond donors (Lipinski definition) is 1. The van der Waals surface area contributed by atoms with Crippen molar-refractivity contribution in [3.05, 3.63) is 53.3 Å². The summed E-state index contributed by atoms with van der Waals surface area (Å²) in [6, 6.07) is 10.1. The van der Waals surface area contributed by atoms with E-state index in [0.29, 0.717) is 11.8 Å². The number of methoxy groups -OCH3 is 1. The van der Waals surface area contributed by atoms with E-state index in [1.807, 2.05) is 24.4 Å². The Labute approximate surface area is 131 Å². The average molecular weight is 298 g/mol. The molecule has 0 amide bonds. The van der Waals surface area contributed by atoms with Gasteiger partial charge in [0.25, 0.3) is 0 Å². The maximum absolute atomic E-state index is 9.70. The summed E-state index contributed by atoms with van der Waals surface area (Å²) in [7, 11) is 3.71. The zero-order chi connectivity index (χ0) is 15.5. The summed E-state index contributed by atoms with van der Waals surface area (Å²) >= 11 is 0. The Morgan fingerprint density at radius 3 is 3.05 bits per heavy atom. The fraction of sp³-hybridized carbons (Fsp3) is 0.389. The summed E-state index contributed by atoms with van der Waals surface area (Å²) in [5.41, 5.74) is 3.70. The number of fused-ring (bicyclic) bond motifs is 1. The molecule has 0 fully saturated rings. The van der Waals surface area contributed by atoms with Crippen LogP contribution in [0.15, 0.2) is 36.5 Å². The molecule has 0 aliphatic heterocycles. The van der Waals surface area contributed by atoms with Crippen molar-refractivity contribution in [3.8, 4) is 11.5 Å². The van der Waals surface area contributed by atoms with Crippen LogP contribution in [0.5, 0.6) is 11.5 Å². The van der Waals surface area contributed by atoms with E-state index in [2.05, 4.69) is 23.0 Å². The maximum atomic E-state index is 9.70. The first-order valence-electron chi connectivity index (χ1n) is 7.69. The zero-order valence-corrected chi connectivity index (χ0v) is 13.1. The summed E-state index contributed by atoms with van der Waals surface area (Å²) in [6.45, 7) is 0.803. The number of aryl methyl sites for hydroxylation is 1. The molecule has 1 aliphatic carbocycles. The summed E-state index contributed by atoms with van der Waals surface area (Å²) < 4.78 is 5.19. The highest BCUT2D eigenvalue weighted by Crippen LogP contribution is 2.33. The zero-order valence-electron chi connectivity index (χ0n) is 13.1. The van der Waals surface area contributed by atoms with Crippen molar-refractivity contribution in [1.82, 2.24) is 9.88 Å². The standard InChI is InChI=1S/C18H22N2O2/c1-20(12-13-8-9-16(21)17(11-13)22-2)15-7-3-5-14-6-4-10-19-18(14)15/h4,6,8-11,15,21H,3,5,7,12H2,1-2H3/t15-/m1/s1. The summed E-state index contributed by atoms with van der Waals surface area (Å²) in [6.07, 6.45) is 5.34. The van der Waals surface area contributed by atoms with Crippen molar-refractivity contribution in [2.24, 2.45) is 0 Å². The second-order valence-corrected chi connectivity index (χ2v) is 5.88. The minimum absolute atomic E-state index is 0.179. The van der Waals surface area contributed by atoms with Gasteiger partial charge in [-0.1, -0.05) is 12.1 Å². The second kappa shape index (κ2) is 6.36. The van der Waals surface area contributed by atoms with E-state index in [1.54, 1.807) is 13.2 Å². The highest BCUT2D eigenvalue weighted by Gasteiger charge is 2.24. The van der Waals surface area contributed by atoms with Gasteiger partial charge in [0.2, 0.25) is 0 Å². The number of aromatic nitrogens is 1. The lowest BCUT2D eigenvalue weighted by Crippen LogP contribution is -2.28. The third kappa shape index (κ3) is 2.92. The highest BCUT2D eigenvalue weighted by molar-refractivity contribution is 5.41. The van der Waals surface area contributed by atoms with Crippen molar-refractivity contribution in [1.29, 1.82) is 0 Å². The van der Waals surface area contributed by atoms with Gasteiger partial charge in [-0.3, -0.25) is 9.88 Å². The number of benzene rings is 1. The molecule has 1 heterocycles. The molecule has 2 aromatic rings. The molecular formula is C18H22N2O2. The van der Waals surface area contributed by atoms with Gasteiger partial charge < -0.3 is 9.84 Å². The topological polar surface area (TPSA) is 45.6 Å². The lowest BCUT2D eigenvalue weighted by atomic mass is 9.91. The van der Waals surface area contributed by atoms with Gasteiger partial charge in [-0.25, -0.2) is 0 Å². The normalized spacial score (nSPS) is 17.3. The Kier molecular flexibility index (Phi) is 4.29. The first-order valence-corrected chi connectivity index (χ1v) is 7.69. The van der Waals surface area contributed by atoms with Crippen LogP contribution in [0.4, 0.5) is 0 Å². The van der Waals surface area contributed by atoms with E-state index in [0.717, 1.165) is 24.9 Å². The molecule has 1 N–H and O–H groups in total. The van der Waals surface area contributed by atoms with E-state index in [4.69, 9.17) is 4.74 Å². The van der Waals surface area contributed by atoms with E-state index >= 15 is 0 Å². The van der Waals surface area contributed by atoms with Gasteiger partial charge in [-0.2, -0.15) is 0 Å². The SMILES string of the molecule is COc1cc(CN(C)[C@@H]2CCCc3cccnc32)ccc1O. The number of ether oxygens (including phenoxy) is 1. The van der Waals surface area contributed by atoms with E-state index in [-0.39, 0.29) is 5.75 Å². The van der Waals surface area contributed by atoms with Crippen LogP contribution in [0.1, 0.15) is 35.7 Å². The second-order valence-electron chi connectivity index (χ2n) is 5.88. The van der Waals surface area contributed by atoms with Gasteiger partial charge in [-0.15, -0.1) is 0 Å². The van der Waals surface area contributed by atoms with Crippen molar-refractivity contribution in [2.75, 3.05) is 14.2 Å². The Hall–Kier alpha value is -2.07. The Bertz CT molecular complexity index is 657. The van der Waals surface area contributed by atoms with Gasteiger partial charge in [0, 0.05) is 12.7 Å². The molecule has 0 spiro atoms. The molecule has 1 aromatic heterocycles. The molecule has 22 heavy (non-hydrogen) atoms. The summed E-state index contributed by atoms with van der Waals surface area (Å²) in [5.74, 6) is 0.701. The number of aromatic hydroxyl groups is 1. The summed E-state index contributed by atoms with van der Waals surface area (Å²) in [4.78, 5) is 6.94. The predicted octanol–water partition coefficient (Wildman–Crippen LogP) is 3.31. The molecule has 116 valence electrons. The summed E-state index contributed by atoms with van der Waals surface area (Å²) in [5, 5.41) is 9.70. The lowest BCUT2D eigenvalue weighted by Gasteiger charge is -2.32. The molecular weight excluding hydrogens is 276 g/mol. The van der Waals surface area contributed by atoms with E-state index < -0.39 is 0 Å². The molecule has 0 saturated carbocycles. The van der Waals surface area contributed by atoms with E-state index in [9.17, 15) is 5.11 Å². The Balaban J connectivity index is 1.79. The molecule has 1 aromatic carbocycles. The van der Waals surface area contributed by atoms with Crippen LogP contribution in [0.2, 0.25) is 0 Å². The molecule has 3 rings (SSSR count). The quantitative estimate of drug-likeness (QED) is 0.940. The minimum atomic E-state index is 0.179. The van der Waals surface area contributed by atoms with Gasteiger partial charge in [0.15, 0.2) is 11.5 Å². The van der Waals surface area contributed by atoms with Crippen LogP contribution < -0.4 is 4.74 Å². The fourth-order valence-corrected chi connectivity index (χ4v) is 3.23. The Morgan fingerprint density at radius 1 is 1.36 bits per heavy atom. The van der Waals surface area contributed by atoms with Gasteiger partial charge >= 0.3 is 0 Å².